The molecule has 0 unspecified atom stereocenters. The SMILES string of the molecule is CC(C)OC(=O)Cc1ccc(N2CC(O)=C(c3nc4ccccc4s3)C2=N)cc1. The van der Waals surface area contributed by atoms with Crippen molar-refractivity contribution < 1.29 is 14.6 Å². The van der Waals surface area contributed by atoms with E-state index in [9.17, 15) is 9.90 Å². The van der Waals surface area contributed by atoms with Crippen molar-refractivity contribution in [3.63, 3.8) is 0 Å². The first-order valence-corrected chi connectivity index (χ1v) is 10.2. The molecule has 0 radical (unpaired) electrons. The predicted molar refractivity (Wildman–Crippen MR) is 116 cm³/mol. The topological polar surface area (TPSA) is 86.5 Å². The first-order valence-electron chi connectivity index (χ1n) is 9.35. The molecule has 1 aliphatic heterocycles. The van der Waals surface area contributed by atoms with Crippen LogP contribution in [0.5, 0.6) is 0 Å². The third kappa shape index (κ3) is 3.86. The molecule has 0 bridgehead atoms. The largest absolute Gasteiger partial charge is 0.510 e. The maximum absolute atomic E-state index is 11.8. The van der Waals surface area contributed by atoms with Gasteiger partial charge in [0.05, 0.1) is 34.9 Å². The highest BCUT2D eigenvalue weighted by Crippen LogP contribution is 2.35. The van der Waals surface area contributed by atoms with Gasteiger partial charge in [-0.25, -0.2) is 4.98 Å². The molecule has 3 aromatic rings. The van der Waals surface area contributed by atoms with Gasteiger partial charge in [-0.2, -0.15) is 0 Å². The highest BCUT2D eigenvalue weighted by atomic mass is 32.1. The first kappa shape index (κ1) is 19.1. The van der Waals surface area contributed by atoms with Gasteiger partial charge in [0.25, 0.3) is 0 Å². The van der Waals surface area contributed by atoms with Crippen molar-refractivity contribution in [3.8, 4) is 0 Å². The van der Waals surface area contributed by atoms with E-state index in [2.05, 4.69) is 4.98 Å². The fraction of sp³-hybridized carbons (Fsp3) is 0.227. The zero-order chi connectivity index (χ0) is 20.5. The van der Waals surface area contributed by atoms with Crippen LogP contribution in [0.3, 0.4) is 0 Å². The molecule has 7 heteroatoms. The number of aliphatic hydroxyl groups is 1. The number of amidine groups is 1. The Morgan fingerprint density at radius 2 is 1.97 bits per heavy atom. The van der Waals surface area contributed by atoms with Gasteiger partial charge in [0, 0.05) is 5.69 Å². The van der Waals surface area contributed by atoms with E-state index in [-0.39, 0.29) is 36.6 Å². The van der Waals surface area contributed by atoms with Crippen LogP contribution in [0.4, 0.5) is 5.69 Å². The Bertz CT molecular complexity index is 1080. The maximum Gasteiger partial charge on any atom is 0.310 e. The number of hydrogen-bond donors (Lipinski definition) is 2. The fourth-order valence-corrected chi connectivity index (χ4v) is 4.30. The number of benzene rings is 2. The number of carbonyl (C=O) groups is 1. The van der Waals surface area contributed by atoms with Gasteiger partial charge in [-0.05, 0) is 43.7 Å². The minimum atomic E-state index is -0.265. The molecule has 0 aliphatic carbocycles. The Labute approximate surface area is 172 Å². The summed E-state index contributed by atoms with van der Waals surface area (Å²) in [6.07, 6.45) is 0.0675. The third-order valence-electron chi connectivity index (χ3n) is 4.57. The zero-order valence-corrected chi connectivity index (χ0v) is 17.0. The molecule has 0 atom stereocenters. The number of nitrogens with one attached hydrogen (secondary N) is 1. The summed E-state index contributed by atoms with van der Waals surface area (Å²) >= 11 is 1.47. The molecule has 0 saturated carbocycles. The van der Waals surface area contributed by atoms with Gasteiger partial charge in [-0.3, -0.25) is 10.2 Å². The Morgan fingerprint density at radius 1 is 1.24 bits per heavy atom. The van der Waals surface area contributed by atoms with E-state index in [4.69, 9.17) is 10.1 Å². The maximum atomic E-state index is 11.8. The summed E-state index contributed by atoms with van der Waals surface area (Å²) in [6, 6.07) is 15.2. The number of aliphatic hydroxyl groups excluding tert-OH is 1. The normalized spacial score (nSPS) is 14.3. The van der Waals surface area contributed by atoms with Gasteiger partial charge in [0.1, 0.15) is 16.6 Å². The predicted octanol–water partition coefficient (Wildman–Crippen LogP) is 4.56. The Hall–Kier alpha value is -3.19. The van der Waals surface area contributed by atoms with Crippen molar-refractivity contribution in [3.05, 3.63) is 64.9 Å². The van der Waals surface area contributed by atoms with E-state index in [1.165, 1.54) is 11.3 Å². The lowest BCUT2D eigenvalue weighted by atomic mass is 10.1. The van der Waals surface area contributed by atoms with Crippen LogP contribution in [0.25, 0.3) is 15.8 Å². The van der Waals surface area contributed by atoms with Crippen LogP contribution >= 0.6 is 11.3 Å². The summed E-state index contributed by atoms with van der Waals surface area (Å²) in [5.74, 6) is 0.0891. The number of thiazole rings is 1. The average Bonchev–Trinajstić information content (AvgIpc) is 3.21. The molecule has 2 N–H and O–H groups in total. The lowest BCUT2D eigenvalue weighted by molar-refractivity contribution is -0.146. The van der Waals surface area contributed by atoms with Gasteiger partial charge in [-0.15, -0.1) is 11.3 Å². The Kier molecular flexibility index (Phi) is 5.07. The number of nitrogens with zero attached hydrogens (tertiary/aromatic N) is 2. The van der Waals surface area contributed by atoms with E-state index >= 15 is 0 Å². The van der Waals surface area contributed by atoms with Gasteiger partial charge in [0.15, 0.2) is 0 Å². The molecule has 0 fully saturated rings. The molecule has 29 heavy (non-hydrogen) atoms. The molecule has 148 valence electrons. The number of hydrogen-bond acceptors (Lipinski definition) is 6. The zero-order valence-electron chi connectivity index (χ0n) is 16.2. The van der Waals surface area contributed by atoms with Crippen molar-refractivity contribution in [2.24, 2.45) is 0 Å². The van der Waals surface area contributed by atoms with Crippen LogP contribution < -0.4 is 4.90 Å². The second-order valence-corrected chi connectivity index (χ2v) is 8.16. The highest BCUT2D eigenvalue weighted by molar-refractivity contribution is 7.19. The van der Waals surface area contributed by atoms with E-state index in [1.54, 1.807) is 4.90 Å². The molecular weight excluding hydrogens is 386 g/mol. The number of anilines is 1. The molecule has 0 amide bonds. The molecule has 4 rings (SSSR count). The quantitative estimate of drug-likeness (QED) is 0.606. The highest BCUT2D eigenvalue weighted by Gasteiger charge is 2.31. The van der Waals surface area contributed by atoms with Gasteiger partial charge in [0.2, 0.25) is 0 Å². The molecule has 6 nitrogen and oxygen atoms in total. The summed E-state index contributed by atoms with van der Waals surface area (Å²) < 4.78 is 6.19. The van der Waals surface area contributed by atoms with Crippen LogP contribution in [-0.4, -0.2) is 34.5 Å². The van der Waals surface area contributed by atoms with Crippen molar-refractivity contribution in [2.75, 3.05) is 11.4 Å². The van der Waals surface area contributed by atoms with Crippen molar-refractivity contribution in [1.29, 1.82) is 5.41 Å². The van der Waals surface area contributed by atoms with Crippen LogP contribution in [-0.2, 0) is 16.0 Å². The second-order valence-electron chi connectivity index (χ2n) is 7.13. The lowest BCUT2D eigenvalue weighted by Crippen LogP contribution is -2.26. The standard InChI is InChI=1S/C22H21N3O3S/c1-13(2)28-19(27)11-14-7-9-15(10-8-14)25-12-17(26)20(21(25)23)22-24-16-5-3-4-6-18(16)29-22/h3-10,13,23,26H,11-12H2,1-2H3. The Balaban J connectivity index is 1.52. The lowest BCUT2D eigenvalue weighted by Gasteiger charge is -2.19. The van der Waals surface area contributed by atoms with Crippen LogP contribution in [0.15, 0.2) is 54.3 Å². The summed E-state index contributed by atoms with van der Waals surface area (Å²) in [7, 11) is 0. The number of para-hydroxylation sites is 1. The first-order chi connectivity index (χ1) is 13.9. The molecular formula is C22H21N3O3S. The fourth-order valence-electron chi connectivity index (χ4n) is 3.27. The minimum Gasteiger partial charge on any atom is -0.510 e. The van der Waals surface area contributed by atoms with Gasteiger partial charge >= 0.3 is 5.97 Å². The van der Waals surface area contributed by atoms with E-state index in [0.717, 1.165) is 21.5 Å². The number of esters is 1. The number of rotatable bonds is 5. The number of ether oxygens (including phenoxy) is 1. The minimum absolute atomic E-state index is 0.137. The summed E-state index contributed by atoms with van der Waals surface area (Å²) in [4.78, 5) is 18.1. The van der Waals surface area contributed by atoms with Crippen LogP contribution in [0.1, 0.15) is 24.4 Å². The molecule has 1 aromatic heterocycles. The molecule has 2 aromatic carbocycles. The number of fused-ring (bicyclic) bond motifs is 1. The van der Waals surface area contributed by atoms with Gasteiger partial charge in [-0.1, -0.05) is 24.3 Å². The Morgan fingerprint density at radius 3 is 2.66 bits per heavy atom. The van der Waals surface area contributed by atoms with Gasteiger partial charge < -0.3 is 14.7 Å². The van der Waals surface area contributed by atoms with E-state index in [1.807, 2.05) is 62.4 Å². The van der Waals surface area contributed by atoms with Crippen molar-refractivity contribution in [1.82, 2.24) is 4.98 Å². The van der Waals surface area contributed by atoms with Crippen LogP contribution in [0.2, 0.25) is 0 Å². The molecule has 0 spiro atoms. The molecule has 1 aliphatic rings. The van der Waals surface area contributed by atoms with E-state index < -0.39 is 0 Å². The van der Waals surface area contributed by atoms with Crippen LogP contribution in [0, 0.1) is 5.41 Å². The molecule has 0 saturated heterocycles. The number of aromatic nitrogens is 1. The smallest absolute Gasteiger partial charge is 0.310 e. The summed E-state index contributed by atoms with van der Waals surface area (Å²) in [5.41, 5.74) is 2.94. The molecule has 2 heterocycles. The monoisotopic (exact) mass is 407 g/mol. The van der Waals surface area contributed by atoms with Crippen molar-refractivity contribution in [2.45, 2.75) is 26.4 Å². The average molecular weight is 407 g/mol. The summed E-state index contributed by atoms with van der Waals surface area (Å²) in [6.45, 7) is 3.86. The third-order valence-corrected chi connectivity index (χ3v) is 5.63. The number of carbonyl (C=O) groups excluding carboxylic acids is 1. The van der Waals surface area contributed by atoms with Crippen molar-refractivity contribution >= 4 is 44.6 Å². The second kappa shape index (κ2) is 7.67. The summed E-state index contributed by atoms with van der Waals surface area (Å²) in [5, 5.41) is 19.8. The van der Waals surface area contributed by atoms with E-state index in [0.29, 0.717) is 10.6 Å².